The molecule has 0 bridgehead atoms. The summed E-state index contributed by atoms with van der Waals surface area (Å²) < 4.78 is 0. The monoisotopic (exact) mass is 217 g/mol. The summed E-state index contributed by atoms with van der Waals surface area (Å²) in [7, 11) is 0. The van der Waals surface area contributed by atoms with E-state index in [1.165, 1.54) is 21.5 Å². The second-order valence-electron chi connectivity index (χ2n) is 3.44. The molecular weight excluding hydrogens is 208 g/mol. The van der Waals surface area contributed by atoms with Crippen LogP contribution in [-0.2, 0) is 0 Å². The number of hydrogen-bond acceptors (Lipinski definition) is 0. The molecule has 0 saturated heterocycles. The molecule has 0 aliphatic rings. The van der Waals surface area contributed by atoms with Gasteiger partial charge in [0.25, 0.3) is 0 Å². The number of fused-ring (bicyclic) bond motifs is 2. The Morgan fingerprint density at radius 3 is 1.67 bits per heavy atom. The van der Waals surface area contributed by atoms with E-state index in [-0.39, 0.29) is 37.7 Å². The fraction of sp³-hybridized carbons (Fsp3) is 0. The Labute approximate surface area is 119 Å². The van der Waals surface area contributed by atoms with Crippen LogP contribution in [0, 0.1) is 43.8 Å². The maximum Gasteiger partial charge on any atom is 0 e. The number of hydrogen-bond donors (Lipinski definition) is 0. The van der Waals surface area contributed by atoms with Crippen LogP contribution < -0.4 is 0 Å². The van der Waals surface area contributed by atoms with E-state index in [0.29, 0.717) is 0 Å². The van der Waals surface area contributed by atoms with Gasteiger partial charge in [0.1, 0.15) is 0 Å². The van der Waals surface area contributed by atoms with Crippen molar-refractivity contribution in [3.8, 4) is 0 Å². The van der Waals surface area contributed by atoms with E-state index in [2.05, 4.69) is 48.5 Å². The molecule has 3 rings (SSSR count). The summed E-state index contributed by atoms with van der Waals surface area (Å²) in [5, 5.41) is 4.88. The Bertz CT molecular complexity index is 494. The van der Waals surface area contributed by atoms with Crippen molar-refractivity contribution in [1.29, 1.82) is 0 Å². The van der Waals surface area contributed by atoms with E-state index in [1.807, 2.05) is 12.1 Å². The number of rotatable bonds is 0. The van der Waals surface area contributed by atoms with Gasteiger partial charge < -0.3 is 0 Å². The van der Waals surface area contributed by atoms with E-state index in [9.17, 15) is 0 Å². The van der Waals surface area contributed by atoms with Crippen molar-refractivity contribution in [3.05, 3.63) is 60.7 Å². The summed E-state index contributed by atoms with van der Waals surface area (Å²) in [6.07, 6.45) is 0. The van der Waals surface area contributed by atoms with Crippen LogP contribution in [0.2, 0.25) is 0 Å². The van der Waals surface area contributed by atoms with Gasteiger partial charge in [0.05, 0.1) is 0 Å². The quantitative estimate of drug-likeness (QED) is 0.502. The van der Waals surface area contributed by atoms with E-state index in [4.69, 9.17) is 0 Å². The van der Waals surface area contributed by atoms with Crippen LogP contribution in [0.1, 0.15) is 0 Å². The molecule has 3 aromatic carbocycles. The summed E-state index contributed by atoms with van der Waals surface area (Å²) in [5.41, 5.74) is 0. The molecule has 15 heavy (non-hydrogen) atoms. The predicted octanol–water partition coefficient (Wildman–Crippen LogP) is 3.79. The third-order valence-corrected chi connectivity index (χ3v) is 2.50. The minimum absolute atomic E-state index is 0. The maximum atomic E-state index is 3.41. The molecule has 0 aromatic heterocycles. The minimum Gasteiger partial charge on any atom is -0.0616 e. The fourth-order valence-electron chi connectivity index (χ4n) is 1.79. The molecule has 0 N–H and O–H groups in total. The van der Waals surface area contributed by atoms with Gasteiger partial charge in [-0.2, -0.15) is 0 Å². The molecule has 0 heterocycles. The molecule has 1 heteroatoms. The van der Waals surface area contributed by atoms with E-state index < -0.39 is 0 Å². The summed E-state index contributed by atoms with van der Waals surface area (Å²) in [4.78, 5) is 0. The molecule has 0 nitrogen and oxygen atoms in total. The van der Waals surface area contributed by atoms with Crippen molar-refractivity contribution < 1.29 is 37.7 Å². The maximum absolute atomic E-state index is 3.41. The molecule has 3 aromatic rings. The molecule has 0 aliphatic carbocycles. The molecule has 0 saturated carbocycles. The van der Waals surface area contributed by atoms with Gasteiger partial charge >= 0.3 is 0 Å². The Kier molecular flexibility index (Phi) is 3.30. The summed E-state index contributed by atoms with van der Waals surface area (Å²) >= 11 is 0. The zero-order chi connectivity index (χ0) is 9.38. The fourth-order valence-corrected chi connectivity index (χ4v) is 1.79. The van der Waals surface area contributed by atoms with Crippen molar-refractivity contribution in [1.82, 2.24) is 0 Å². The van der Waals surface area contributed by atoms with Crippen molar-refractivity contribution >= 4 is 21.5 Å². The SMILES string of the molecule is [Ar].[c]1c2ccccc2cc2ccccc12. The molecule has 0 spiro atoms. The van der Waals surface area contributed by atoms with E-state index in [1.54, 1.807) is 0 Å². The number of benzene rings is 3. The minimum atomic E-state index is 0. The first-order chi connectivity index (χ1) is 6.93. The Balaban J connectivity index is 0.000000853. The van der Waals surface area contributed by atoms with Gasteiger partial charge in [0.2, 0.25) is 0 Å². The molecule has 0 atom stereocenters. The normalized spacial score (nSPS) is 10.1. The molecular formula is C14H9Ar. The van der Waals surface area contributed by atoms with Crippen LogP contribution >= 0.6 is 0 Å². The van der Waals surface area contributed by atoms with Crippen LogP contribution in [0.4, 0.5) is 0 Å². The van der Waals surface area contributed by atoms with Crippen LogP contribution in [0.25, 0.3) is 21.5 Å². The van der Waals surface area contributed by atoms with Gasteiger partial charge in [-0.15, -0.1) is 0 Å². The van der Waals surface area contributed by atoms with Crippen LogP contribution in [0.3, 0.4) is 0 Å². The molecule has 0 unspecified atom stereocenters. The van der Waals surface area contributed by atoms with Gasteiger partial charge in [-0.25, -0.2) is 0 Å². The van der Waals surface area contributed by atoms with Crippen LogP contribution in [-0.4, -0.2) is 0 Å². The molecule has 1 radical (unpaired) electrons. The largest absolute Gasteiger partial charge is 0.0616 e. The van der Waals surface area contributed by atoms with Gasteiger partial charge in [-0.3, -0.25) is 0 Å². The second kappa shape index (κ2) is 4.52. The average molecular weight is 217 g/mol. The summed E-state index contributed by atoms with van der Waals surface area (Å²) in [5.74, 6) is 0. The molecule has 73 valence electrons. The topological polar surface area (TPSA) is 0 Å². The Hall–Kier alpha value is -0.560. The van der Waals surface area contributed by atoms with Gasteiger partial charge in [-0.1, -0.05) is 48.5 Å². The van der Waals surface area contributed by atoms with Crippen molar-refractivity contribution in [2.45, 2.75) is 0 Å². The van der Waals surface area contributed by atoms with Gasteiger partial charge in [0.15, 0.2) is 0 Å². The standard InChI is InChI=1S/C14H9.Ar/c1-2-6-12-10-14-8-4-3-7-13(14)9-11(12)5-1;/h1-9H;. The average Bonchev–Trinajstić information content (AvgIpc) is 2.26. The third-order valence-electron chi connectivity index (χ3n) is 2.50. The van der Waals surface area contributed by atoms with E-state index >= 15 is 0 Å². The molecule has 0 aliphatic heterocycles. The first-order valence-corrected chi connectivity index (χ1v) is 4.73. The molecule has 0 amide bonds. The van der Waals surface area contributed by atoms with Crippen molar-refractivity contribution in [3.63, 3.8) is 0 Å². The van der Waals surface area contributed by atoms with Gasteiger partial charge in [0, 0.05) is 37.7 Å². The second-order valence-corrected chi connectivity index (χ2v) is 3.44. The predicted molar refractivity (Wildman–Crippen MR) is 60.3 cm³/mol. The summed E-state index contributed by atoms with van der Waals surface area (Å²) in [6.45, 7) is 0. The van der Waals surface area contributed by atoms with Crippen molar-refractivity contribution in [2.24, 2.45) is 0 Å². The zero-order valence-electron chi connectivity index (χ0n) is 8.05. The Morgan fingerprint density at radius 1 is 0.667 bits per heavy atom. The van der Waals surface area contributed by atoms with Gasteiger partial charge in [-0.05, 0) is 33.7 Å². The molecule has 0 fully saturated rings. The smallest absolute Gasteiger partial charge is 0 e. The first kappa shape index (κ1) is 10.9. The van der Waals surface area contributed by atoms with E-state index in [0.717, 1.165) is 0 Å². The van der Waals surface area contributed by atoms with Crippen LogP contribution in [0.5, 0.6) is 0 Å². The van der Waals surface area contributed by atoms with Crippen molar-refractivity contribution in [2.75, 3.05) is 0 Å². The first-order valence-electron chi connectivity index (χ1n) is 4.73. The summed E-state index contributed by atoms with van der Waals surface area (Å²) in [6, 6.07) is 22.3. The zero-order valence-corrected chi connectivity index (χ0v) is 8.76. The Morgan fingerprint density at radius 2 is 1.13 bits per heavy atom. The third kappa shape index (κ3) is 2.03. The van der Waals surface area contributed by atoms with Crippen LogP contribution in [0.15, 0.2) is 54.6 Å².